The number of carbonyl (C=O) groups excluding carboxylic acids is 2. The smallest absolute Gasteiger partial charge is 0.340 e. The van der Waals surface area contributed by atoms with E-state index in [1.54, 1.807) is 54.1 Å². The maximum atomic E-state index is 12.9. The molecule has 0 atom stereocenters. The van der Waals surface area contributed by atoms with Gasteiger partial charge in [0.15, 0.2) is 0 Å². The average Bonchev–Trinajstić information content (AvgIpc) is 3.20. The van der Waals surface area contributed by atoms with Gasteiger partial charge in [-0.3, -0.25) is 4.72 Å². The molecule has 0 unspecified atom stereocenters. The summed E-state index contributed by atoms with van der Waals surface area (Å²) in [6.45, 7) is 0. The van der Waals surface area contributed by atoms with Crippen LogP contribution in [0.3, 0.4) is 0 Å². The van der Waals surface area contributed by atoms with Crippen LogP contribution < -0.4 is 4.72 Å². The lowest BCUT2D eigenvalue weighted by molar-refractivity contribution is 0.0557. The number of carbonyl (C=O) groups is 2. The molecule has 0 radical (unpaired) electrons. The van der Waals surface area contributed by atoms with Crippen molar-refractivity contribution in [3.05, 3.63) is 84.1 Å². The molecule has 174 valence electrons. The number of hydrogen-bond donors (Lipinski definition) is 1. The molecule has 34 heavy (non-hydrogen) atoms. The summed E-state index contributed by atoms with van der Waals surface area (Å²) in [6.07, 6.45) is 1.49. The van der Waals surface area contributed by atoms with Crippen molar-refractivity contribution in [2.75, 3.05) is 18.9 Å². The molecule has 9 heteroatoms. The lowest BCUT2D eigenvalue weighted by Crippen LogP contribution is -2.13. The molecule has 1 N–H and O–H groups in total. The number of hydrogen-bond acceptors (Lipinski definition) is 6. The van der Waals surface area contributed by atoms with Gasteiger partial charge in [-0.15, -0.1) is 0 Å². The number of rotatable bonds is 6. The van der Waals surface area contributed by atoms with Crippen LogP contribution in [0.15, 0.2) is 77.8 Å². The van der Waals surface area contributed by atoms with E-state index in [9.17, 15) is 18.0 Å². The Hall–Kier alpha value is -4.11. The van der Waals surface area contributed by atoms with Gasteiger partial charge in [0, 0.05) is 18.9 Å². The number of nitrogens with zero attached hydrogens (tertiary/aromatic N) is 1. The van der Waals surface area contributed by atoms with Crippen molar-refractivity contribution >= 4 is 38.4 Å². The Kier molecular flexibility index (Phi) is 6.12. The fourth-order valence-corrected chi connectivity index (χ4v) is 4.89. The maximum Gasteiger partial charge on any atom is 0.340 e. The zero-order chi connectivity index (χ0) is 24.5. The van der Waals surface area contributed by atoms with Crippen molar-refractivity contribution < 1.29 is 27.5 Å². The van der Waals surface area contributed by atoms with Crippen molar-refractivity contribution in [3.8, 4) is 11.3 Å². The molecule has 0 bridgehead atoms. The van der Waals surface area contributed by atoms with Crippen molar-refractivity contribution in [2.45, 2.75) is 4.90 Å². The summed E-state index contributed by atoms with van der Waals surface area (Å²) in [5.41, 5.74) is 1.52. The van der Waals surface area contributed by atoms with Gasteiger partial charge in [-0.05, 0) is 40.6 Å². The lowest BCUT2D eigenvalue weighted by Gasteiger charge is -2.11. The zero-order valence-corrected chi connectivity index (χ0v) is 19.5. The number of esters is 2. The van der Waals surface area contributed by atoms with Crippen LogP contribution in [0.5, 0.6) is 0 Å². The molecule has 4 aromatic rings. The van der Waals surface area contributed by atoms with Crippen LogP contribution in [0.25, 0.3) is 22.0 Å². The van der Waals surface area contributed by atoms with Crippen LogP contribution in [0.4, 0.5) is 5.69 Å². The monoisotopic (exact) mass is 478 g/mol. The first-order chi connectivity index (χ1) is 16.2. The molecule has 3 aromatic carbocycles. The highest BCUT2D eigenvalue weighted by atomic mass is 32.2. The standard InChI is InChI=1S/C25H22N2O6S/c1-27-15-21(24(28)32-2)22(25(29)33-3)23(27)17-8-11-19(12-9-17)26-34(30,31)20-13-10-16-6-4-5-7-18(16)14-20/h4-15,26H,1-3H3. The quantitative estimate of drug-likeness (QED) is 0.416. The van der Waals surface area contributed by atoms with Crippen LogP contribution in [0, 0.1) is 0 Å². The molecule has 1 heterocycles. The van der Waals surface area contributed by atoms with Crippen molar-refractivity contribution in [1.82, 2.24) is 4.57 Å². The van der Waals surface area contributed by atoms with Gasteiger partial charge in [0.05, 0.1) is 35.9 Å². The van der Waals surface area contributed by atoms with Crippen LogP contribution >= 0.6 is 0 Å². The SMILES string of the molecule is COC(=O)c1cn(C)c(-c2ccc(NS(=O)(=O)c3ccc4ccccc4c3)cc2)c1C(=O)OC. The molecule has 8 nitrogen and oxygen atoms in total. The Morgan fingerprint density at radius 3 is 2.15 bits per heavy atom. The highest BCUT2D eigenvalue weighted by Crippen LogP contribution is 2.30. The van der Waals surface area contributed by atoms with Gasteiger partial charge in [0.25, 0.3) is 10.0 Å². The van der Waals surface area contributed by atoms with Crippen LogP contribution in [-0.2, 0) is 26.5 Å². The highest BCUT2D eigenvalue weighted by Gasteiger charge is 2.27. The molecule has 4 rings (SSSR count). The minimum absolute atomic E-state index is 0.0707. The van der Waals surface area contributed by atoms with Crippen LogP contribution in [0.1, 0.15) is 20.7 Å². The van der Waals surface area contributed by atoms with Crippen molar-refractivity contribution in [1.29, 1.82) is 0 Å². The zero-order valence-electron chi connectivity index (χ0n) is 18.7. The summed E-state index contributed by atoms with van der Waals surface area (Å²) < 4.78 is 39.7. The van der Waals surface area contributed by atoms with Gasteiger partial charge in [-0.1, -0.05) is 42.5 Å². The third kappa shape index (κ3) is 4.25. The van der Waals surface area contributed by atoms with E-state index in [0.29, 0.717) is 16.9 Å². The summed E-state index contributed by atoms with van der Waals surface area (Å²) in [6, 6.07) is 18.9. The minimum atomic E-state index is -3.82. The number of aryl methyl sites for hydroxylation is 1. The highest BCUT2D eigenvalue weighted by molar-refractivity contribution is 7.92. The fourth-order valence-electron chi connectivity index (χ4n) is 3.79. The number of methoxy groups -OCH3 is 2. The Balaban J connectivity index is 1.67. The topological polar surface area (TPSA) is 104 Å². The molecule has 0 aliphatic carbocycles. The van der Waals surface area contributed by atoms with Gasteiger partial charge >= 0.3 is 11.9 Å². The van der Waals surface area contributed by atoms with Crippen molar-refractivity contribution in [2.24, 2.45) is 7.05 Å². The second kappa shape index (κ2) is 9.03. The number of nitrogens with one attached hydrogen (secondary N) is 1. The number of sulfonamides is 1. The Morgan fingerprint density at radius 1 is 0.853 bits per heavy atom. The second-order valence-corrected chi connectivity index (χ2v) is 9.23. The molecular weight excluding hydrogens is 456 g/mol. The normalized spacial score (nSPS) is 11.3. The first kappa shape index (κ1) is 23.1. The van der Waals surface area contributed by atoms with E-state index in [-0.39, 0.29) is 16.0 Å². The largest absolute Gasteiger partial charge is 0.465 e. The molecule has 0 aliphatic rings. The Labute approximate surface area is 196 Å². The molecular formula is C25H22N2O6S. The molecule has 1 aromatic heterocycles. The molecule has 0 fully saturated rings. The molecule has 0 spiro atoms. The van der Waals surface area contributed by atoms with Crippen LogP contribution in [-0.4, -0.2) is 39.1 Å². The van der Waals surface area contributed by atoms with E-state index in [1.807, 2.05) is 24.3 Å². The number of ether oxygens (including phenoxy) is 2. The maximum absolute atomic E-state index is 12.9. The number of fused-ring (bicyclic) bond motifs is 1. The summed E-state index contributed by atoms with van der Waals surface area (Å²) in [7, 11) is 0.324. The molecule has 0 aliphatic heterocycles. The first-order valence-corrected chi connectivity index (χ1v) is 11.7. The second-order valence-electron chi connectivity index (χ2n) is 7.55. The van der Waals surface area contributed by atoms with Gasteiger partial charge < -0.3 is 14.0 Å². The van der Waals surface area contributed by atoms with Gasteiger partial charge in [0.1, 0.15) is 0 Å². The average molecular weight is 479 g/mol. The summed E-state index contributed by atoms with van der Waals surface area (Å²) in [4.78, 5) is 24.7. The van der Waals surface area contributed by atoms with E-state index >= 15 is 0 Å². The van der Waals surface area contributed by atoms with Gasteiger partial charge in [-0.2, -0.15) is 0 Å². The summed E-state index contributed by atoms with van der Waals surface area (Å²) >= 11 is 0. The van der Waals surface area contributed by atoms with E-state index in [4.69, 9.17) is 9.47 Å². The predicted octanol–water partition coefficient (Wildman–Crippen LogP) is 4.22. The van der Waals surface area contributed by atoms with Gasteiger partial charge in [0.2, 0.25) is 0 Å². The number of benzene rings is 3. The Morgan fingerprint density at radius 2 is 1.50 bits per heavy atom. The predicted molar refractivity (Wildman–Crippen MR) is 128 cm³/mol. The fraction of sp³-hybridized carbons (Fsp3) is 0.120. The summed E-state index contributed by atoms with van der Waals surface area (Å²) in [5.74, 6) is -1.35. The van der Waals surface area contributed by atoms with E-state index in [2.05, 4.69) is 4.72 Å². The Bertz CT molecular complexity index is 1500. The van der Waals surface area contributed by atoms with E-state index in [1.165, 1.54) is 20.4 Å². The van der Waals surface area contributed by atoms with Gasteiger partial charge in [-0.25, -0.2) is 18.0 Å². The van der Waals surface area contributed by atoms with Crippen LogP contribution in [0.2, 0.25) is 0 Å². The van der Waals surface area contributed by atoms with E-state index in [0.717, 1.165) is 10.8 Å². The third-order valence-electron chi connectivity index (χ3n) is 5.42. The molecule has 0 saturated heterocycles. The first-order valence-electron chi connectivity index (χ1n) is 10.2. The minimum Gasteiger partial charge on any atom is -0.465 e. The third-order valence-corrected chi connectivity index (χ3v) is 6.80. The molecule has 0 amide bonds. The number of aromatic nitrogens is 1. The summed E-state index contributed by atoms with van der Waals surface area (Å²) in [5, 5.41) is 1.77. The van der Waals surface area contributed by atoms with Crippen molar-refractivity contribution in [3.63, 3.8) is 0 Å². The number of anilines is 1. The lowest BCUT2D eigenvalue weighted by atomic mass is 10.0. The van der Waals surface area contributed by atoms with E-state index < -0.39 is 22.0 Å². The molecule has 0 saturated carbocycles.